The van der Waals surface area contributed by atoms with Crippen LogP contribution in [-0.2, 0) is 9.59 Å². The summed E-state index contributed by atoms with van der Waals surface area (Å²) in [5, 5.41) is 12.7. The van der Waals surface area contributed by atoms with Gasteiger partial charge in [-0.25, -0.2) is 4.79 Å². The highest BCUT2D eigenvalue weighted by Crippen LogP contribution is 2.52. The number of allylic oxidation sites excluding steroid dienone is 1. The second-order valence-electron chi connectivity index (χ2n) is 9.69. The highest BCUT2D eigenvalue weighted by atomic mass is 32.2. The SMILES string of the molecule is CN1/C(=C(\C(=C/C=O)COc2cccc3ccccc23)c2ccc3c(c2)OCO3)SC(c2ccccc2)C1C(=O)O. The lowest BCUT2D eigenvalue weighted by molar-refractivity contribution is -0.141. The van der Waals surface area contributed by atoms with Crippen molar-refractivity contribution < 1.29 is 28.9 Å². The van der Waals surface area contributed by atoms with Crippen molar-refractivity contribution in [2.75, 3.05) is 20.4 Å². The van der Waals surface area contributed by atoms with Gasteiger partial charge in [0.1, 0.15) is 24.7 Å². The van der Waals surface area contributed by atoms with Crippen molar-refractivity contribution in [3.63, 3.8) is 0 Å². The Morgan fingerprint density at radius 1 is 1.00 bits per heavy atom. The fourth-order valence-corrected chi connectivity index (χ4v) is 6.89. The molecule has 1 saturated heterocycles. The van der Waals surface area contributed by atoms with Crippen molar-refractivity contribution in [1.29, 1.82) is 0 Å². The Kier molecular flexibility index (Phi) is 7.39. The van der Waals surface area contributed by atoms with Gasteiger partial charge in [-0.2, -0.15) is 0 Å². The van der Waals surface area contributed by atoms with Crippen molar-refractivity contribution in [3.8, 4) is 17.2 Å². The molecule has 2 heterocycles. The standard InChI is InChI=1S/C33H27NO6S/c1-34-30(33(36)37)31(22-9-3-2-4-10-22)41-32(34)29(23-14-15-27-28(18-23)40-20-39-27)24(16-17-35)19-38-26-13-7-11-21-8-5-6-12-25(21)26/h2-18,30-31H,19-20H2,1H3,(H,36,37)/b24-16-,32-29+. The van der Waals surface area contributed by atoms with E-state index in [1.165, 1.54) is 17.8 Å². The first kappa shape index (κ1) is 26.5. The van der Waals surface area contributed by atoms with E-state index in [2.05, 4.69) is 0 Å². The molecular weight excluding hydrogens is 538 g/mol. The Morgan fingerprint density at radius 3 is 2.56 bits per heavy atom. The minimum absolute atomic E-state index is 0.0855. The summed E-state index contributed by atoms with van der Waals surface area (Å²) in [5.74, 6) is 0.972. The summed E-state index contributed by atoms with van der Waals surface area (Å²) in [5.41, 5.74) is 2.98. The lowest BCUT2D eigenvalue weighted by Gasteiger charge is -2.24. The van der Waals surface area contributed by atoms with Gasteiger partial charge in [-0.05, 0) is 40.8 Å². The summed E-state index contributed by atoms with van der Waals surface area (Å²) in [4.78, 5) is 26.4. The Balaban J connectivity index is 1.47. The summed E-state index contributed by atoms with van der Waals surface area (Å²) < 4.78 is 17.5. The molecule has 0 amide bonds. The molecule has 7 nitrogen and oxygen atoms in total. The third-order valence-corrected chi connectivity index (χ3v) is 8.74. The molecule has 1 N–H and O–H groups in total. The number of rotatable bonds is 8. The smallest absolute Gasteiger partial charge is 0.327 e. The molecule has 0 spiro atoms. The van der Waals surface area contributed by atoms with E-state index in [4.69, 9.17) is 14.2 Å². The fourth-order valence-electron chi connectivity index (χ4n) is 5.28. The van der Waals surface area contributed by atoms with Gasteiger partial charge in [0.2, 0.25) is 6.79 Å². The zero-order valence-corrected chi connectivity index (χ0v) is 23.0. The molecule has 8 heteroatoms. The Morgan fingerprint density at radius 2 is 1.76 bits per heavy atom. The molecule has 0 aromatic heterocycles. The fraction of sp³-hybridized carbons (Fsp3) is 0.152. The molecule has 2 aliphatic heterocycles. The third-order valence-electron chi connectivity index (χ3n) is 7.24. The number of aliphatic carboxylic acids is 1. The largest absolute Gasteiger partial charge is 0.488 e. The van der Waals surface area contributed by atoms with Gasteiger partial charge in [0.15, 0.2) is 11.5 Å². The summed E-state index contributed by atoms with van der Waals surface area (Å²) >= 11 is 1.46. The van der Waals surface area contributed by atoms with E-state index in [0.29, 0.717) is 28.4 Å². The Bertz CT molecular complexity index is 1680. The number of benzene rings is 4. The van der Waals surface area contributed by atoms with E-state index in [0.717, 1.165) is 33.2 Å². The monoisotopic (exact) mass is 565 g/mol. The van der Waals surface area contributed by atoms with Crippen LogP contribution in [0, 0.1) is 0 Å². The molecule has 4 aromatic rings. The molecule has 6 rings (SSSR count). The maximum atomic E-state index is 12.6. The number of aldehydes is 1. The number of carboxylic acid groups (broad SMARTS) is 1. The summed E-state index contributed by atoms with van der Waals surface area (Å²) in [6.07, 6.45) is 2.22. The van der Waals surface area contributed by atoms with Gasteiger partial charge in [0, 0.05) is 23.6 Å². The highest BCUT2D eigenvalue weighted by Gasteiger charge is 2.43. The van der Waals surface area contributed by atoms with Crippen LogP contribution in [0.3, 0.4) is 0 Å². The number of likely N-dealkylation sites (N-methyl/N-ethyl adjacent to an activating group) is 1. The number of hydrogen-bond donors (Lipinski definition) is 1. The van der Waals surface area contributed by atoms with Gasteiger partial charge in [-0.15, -0.1) is 0 Å². The van der Waals surface area contributed by atoms with Crippen molar-refractivity contribution in [2.24, 2.45) is 0 Å². The van der Waals surface area contributed by atoms with Gasteiger partial charge >= 0.3 is 5.97 Å². The second kappa shape index (κ2) is 11.4. The van der Waals surface area contributed by atoms with Gasteiger partial charge in [-0.1, -0.05) is 84.6 Å². The first-order valence-electron chi connectivity index (χ1n) is 13.1. The van der Waals surface area contributed by atoms with Gasteiger partial charge < -0.3 is 24.2 Å². The molecule has 1 fully saturated rings. The summed E-state index contributed by atoms with van der Waals surface area (Å²) in [6.45, 7) is 0.208. The molecule has 2 atom stereocenters. The minimum Gasteiger partial charge on any atom is -0.488 e. The quantitative estimate of drug-likeness (QED) is 0.196. The number of thioether (sulfide) groups is 1. The Labute approximate surface area is 241 Å². The molecular formula is C33H27NO6S. The van der Waals surface area contributed by atoms with Crippen LogP contribution in [0.5, 0.6) is 17.2 Å². The number of ether oxygens (including phenoxy) is 3. The zero-order chi connectivity index (χ0) is 28.3. The van der Waals surface area contributed by atoms with E-state index in [9.17, 15) is 14.7 Å². The maximum Gasteiger partial charge on any atom is 0.327 e. The topological polar surface area (TPSA) is 85.3 Å². The molecule has 0 bridgehead atoms. The normalized spacial score (nSPS) is 19.3. The molecule has 4 aromatic carbocycles. The van der Waals surface area contributed by atoms with E-state index >= 15 is 0 Å². The molecule has 2 unspecified atom stereocenters. The van der Waals surface area contributed by atoms with E-state index in [1.54, 1.807) is 11.9 Å². The van der Waals surface area contributed by atoms with Crippen LogP contribution in [0.1, 0.15) is 16.4 Å². The van der Waals surface area contributed by atoms with E-state index in [-0.39, 0.29) is 18.6 Å². The van der Waals surface area contributed by atoms with Crippen LogP contribution in [0.15, 0.2) is 108 Å². The van der Waals surface area contributed by atoms with Crippen LogP contribution in [0.2, 0.25) is 0 Å². The van der Waals surface area contributed by atoms with Crippen LogP contribution in [0.4, 0.5) is 0 Å². The molecule has 2 aliphatic rings. The number of nitrogens with zero attached hydrogens (tertiary/aromatic N) is 1. The summed E-state index contributed by atoms with van der Waals surface area (Å²) in [7, 11) is 1.78. The predicted octanol–water partition coefficient (Wildman–Crippen LogP) is 6.31. The van der Waals surface area contributed by atoms with Crippen LogP contribution >= 0.6 is 11.8 Å². The molecule has 206 valence electrons. The number of carboxylic acids is 1. The van der Waals surface area contributed by atoms with E-state index in [1.807, 2.05) is 91.0 Å². The van der Waals surface area contributed by atoms with Gasteiger partial charge in [0.25, 0.3) is 0 Å². The number of fused-ring (bicyclic) bond motifs is 2. The Hall–Kier alpha value is -4.69. The second-order valence-corrected chi connectivity index (χ2v) is 10.8. The molecule has 0 aliphatic carbocycles. The van der Waals surface area contributed by atoms with Crippen molar-refractivity contribution in [1.82, 2.24) is 4.90 Å². The zero-order valence-electron chi connectivity index (χ0n) is 22.2. The summed E-state index contributed by atoms with van der Waals surface area (Å²) in [6, 6.07) is 28.2. The van der Waals surface area contributed by atoms with Gasteiger partial charge in [0.05, 0.1) is 10.3 Å². The molecule has 0 radical (unpaired) electrons. The van der Waals surface area contributed by atoms with Crippen molar-refractivity contribution in [3.05, 3.63) is 119 Å². The van der Waals surface area contributed by atoms with Crippen molar-refractivity contribution in [2.45, 2.75) is 11.3 Å². The minimum atomic E-state index is -0.929. The van der Waals surface area contributed by atoms with Gasteiger partial charge in [-0.3, -0.25) is 4.79 Å². The predicted molar refractivity (Wildman–Crippen MR) is 159 cm³/mol. The average molecular weight is 566 g/mol. The first-order chi connectivity index (χ1) is 20.0. The molecule has 0 saturated carbocycles. The lowest BCUT2D eigenvalue weighted by Crippen LogP contribution is -2.35. The van der Waals surface area contributed by atoms with Crippen LogP contribution in [0.25, 0.3) is 16.3 Å². The van der Waals surface area contributed by atoms with Crippen LogP contribution in [-0.4, -0.2) is 48.8 Å². The number of carbonyl (C=O) groups is 2. The third kappa shape index (κ3) is 5.14. The maximum absolute atomic E-state index is 12.6. The number of carbonyl (C=O) groups excluding carboxylic acids is 1. The first-order valence-corrected chi connectivity index (χ1v) is 14.0. The van der Waals surface area contributed by atoms with Crippen LogP contribution < -0.4 is 14.2 Å². The van der Waals surface area contributed by atoms with E-state index < -0.39 is 12.0 Å². The molecule has 41 heavy (non-hydrogen) atoms. The van der Waals surface area contributed by atoms with Crippen molar-refractivity contribution >= 4 is 40.4 Å². The number of hydrogen-bond acceptors (Lipinski definition) is 7. The lowest BCUT2D eigenvalue weighted by atomic mass is 9.97. The average Bonchev–Trinajstić information content (AvgIpc) is 3.60. The highest BCUT2D eigenvalue weighted by molar-refractivity contribution is 8.03.